The normalized spacial score (nSPS) is 12.3. The summed E-state index contributed by atoms with van der Waals surface area (Å²) >= 11 is 9.87. The highest BCUT2D eigenvalue weighted by Gasteiger charge is 2.10. The summed E-state index contributed by atoms with van der Waals surface area (Å²) < 4.78 is 19.3. The molecule has 3 aromatic carbocycles. The first-order valence-corrected chi connectivity index (χ1v) is 14.0. The summed E-state index contributed by atoms with van der Waals surface area (Å²) in [6, 6.07) is 20.3. The summed E-state index contributed by atoms with van der Waals surface area (Å²) in [5, 5.41) is 3.62. The van der Waals surface area contributed by atoms with Crippen LogP contribution < -0.4 is 10.1 Å². The lowest BCUT2D eigenvalue weighted by Crippen LogP contribution is -2.25. The van der Waals surface area contributed by atoms with Crippen molar-refractivity contribution < 1.29 is 14.1 Å². The Hall–Kier alpha value is -1.90. The zero-order valence-electron chi connectivity index (χ0n) is 18.1. The molecule has 0 radical (unpaired) electrons. The number of carbonyl (C=O) groups is 1. The number of hydrogen-bond donors (Lipinski definition) is 1. The van der Waals surface area contributed by atoms with Crippen molar-refractivity contribution in [3.8, 4) is 11.5 Å². The molecule has 0 bridgehead atoms. The zero-order chi connectivity index (χ0) is 23.8. The van der Waals surface area contributed by atoms with E-state index in [1.165, 1.54) is 11.8 Å². The number of benzene rings is 3. The van der Waals surface area contributed by atoms with Crippen LogP contribution in [-0.4, -0.2) is 29.5 Å². The van der Waals surface area contributed by atoms with E-state index in [0.29, 0.717) is 28.6 Å². The van der Waals surface area contributed by atoms with Crippen molar-refractivity contribution in [2.45, 2.75) is 6.42 Å². The Balaban J connectivity index is 1.57. The second-order valence-corrected chi connectivity index (χ2v) is 10.8. The van der Waals surface area contributed by atoms with Crippen molar-refractivity contribution in [1.82, 2.24) is 5.32 Å². The number of hydrogen-bond acceptors (Lipinski definition) is 4. The van der Waals surface area contributed by atoms with Gasteiger partial charge in [-0.05, 0) is 99.4 Å². The van der Waals surface area contributed by atoms with Crippen molar-refractivity contribution in [2.24, 2.45) is 0 Å². The van der Waals surface area contributed by atoms with Crippen molar-refractivity contribution in [3.63, 3.8) is 0 Å². The molecule has 1 N–H and O–H groups in total. The molecule has 0 saturated heterocycles. The highest BCUT2D eigenvalue weighted by atomic mass is 79.9. The third-order valence-corrected chi connectivity index (χ3v) is 7.96. The molecular formula is C25H23BrClNO3S2. The number of nitrogens with one attached hydrogen (secondary N) is 1. The average molecular weight is 565 g/mol. The summed E-state index contributed by atoms with van der Waals surface area (Å²) in [6.07, 6.45) is 6.20. The third kappa shape index (κ3) is 7.83. The van der Waals surface area contributed by atoms with E-state index in [4.69, 9.17) is 16.3 Å². The Bertz CT molecular complexity index is 1120. The van der Waals surface area contributed by atoms with E-state index in [2.05, 4.69) is 21.2 Å². The van der Waals surface area contributed by atoms with E-state index in [9.17, 15) is 9.35 Å². The van der Waals surface area contributed by atoms with Gasteiger partial charge in [0.25, 0.3) is 5.91 Å². The number of rotatable bonds is 9. The Morgan fingerprint density at radius 1 is 1.15 bits per heavy atom. The molecule has 1 atom stereocenters. The number of amides is 1. The molecule has 1 unspecified atom stereocenters. The first-order chi connectivity index (χ1) is 15.9. The van der Waals surface area contributed by atoms with Crippen molar-refractivity contribution in [1.29, 1.82) is 0 Å². The van der Waals surface area contributed by atoms with Crippen LogP contribution in [0.4, 0.5) is 0 Å². The van der Waals surface area contributed by atoms with Crippen LogP contribution in [0, 0.1) is 0 Å². The van der Waals surface area contributed by atoms with Crippen LogP contribution in [-0.2, 0) is 17.6 Å². The van der Waals surface area contributed by atoms with Crippen molar-refractivity contribution in [2.75, 3.05) is 19.1 Å². The maximum atomic E-state index is 12.4. The summed E-state index contributed by atoms with van der Waals surface area (Å²) in [4.78, 5) is 12.4. The molecule has 0 fully saturated rings. The van der Waals surface area contributed by atoms with Crippen LogP contribution in [0.3, 0.4) is 0 Å². The lowest BCUT2D eigenvalue weighted by atomic mass is 10.1. The van der Waals surface area contributed by atoms with E-state index in [1.807, 2.05) is 54.8 Å². The minimum atomic E-state index is -1.03. The molecule has 3 aromatic rings. The minimum absolute atomic E-state index is 0.134. The van der Waals surface area contributed by atoms with Gasteiger partial charge in [0, 0.05) is 23.2 Å². The average Bonchev–Trinajstić information content (AvgIpc) is 2.80. The van der Waals surface area contributed by atoms with Gasteiger partial charge in [0.05, 0.1) is 4.47 Å². The molecule has 0 aliphatic rings. The first-order valence-electron chi connectivity index (χ1n) is 10.0. The Morgan fingerprint density at radius 2 is 1.85 bits per heavy atom. The van der Waals surface area contributed by atoms with Crippen LogP contribution in [0.5, 0.6) is 11.5 Å². The fraction of sp³-hybridized carbons (Fsp3) is 0.160. The van der Waals surface area contributed by atoms with Gasteiger partial charge in [-0.1, -0.05) is 41.6 Å². The summed E-state index contributed by atoms with van der Waals surface area (Å²) in [6.45, 7) is 0.538. The van der Waals surface area contributed by atoms with Gasteiger partial charge in [0.15, 0.2) is 4.24 Å². The van der Waals surface area contributed by atoms with Crippen molar-refractivity contribution in [3.05, 3.63) is 97.2 Å². The van der Waals surface area contributed by atoms with Crippen LogP contribution >= 0.6 is 39.3 Å². The molecule has 0 heterocycles. The fourth-order valence-electron chi connectivity index (χ4n) is 2.96. The van der Waals surface area contributed by atoms with Gasteiger partial charge in [-0.3, -0.25) is 4.79 Å². The predicted molar refractivity (Wildman–Crippen MR) is 144 cm³/mol. The molecule has 0 aliphatic heterocycles. The van der Waals surface area contributed by atoms with E-state index >= 15 is 0 Å². The number of halogens is 2. The molecule has 0 aliphatic carbocycles. The van der Waals surface area contributed by atoms with E-state index < -0.39 is 11.2 Å². The largest absolute Gasteiger partial charge is 0.611 e. The molecule has 4 nitrogen and oxygen atoms in total. The molecule has 172 valence electrons. The smallest absolute Gasteiger partial charge is 0.251 e. The van der Waals surface area contributed by atoms with Gasteiger partial charge in [0.2, 0.25) is 0 Å². The van der Waals surface area contributed by atoms with Crippen LogP contribution in [0.1, 0.15) is 21.5 Å². The van der Waals surface area contributed by atoms with Gasteiger partial charge in [-0.15, -0.1) is 0 Å². The van der Waals surface area contributed by atoms with Gasteiger partial charge in [-0.25, -0.2) is 0 Å². The number of carbonyl (C=O) groups excluding carboxylic acids is 1. The summed E-state index contributed by atoms with van der Waals surface area (Å²) in [5.74, 6) is 1.14. The van der Waals surface area contributed by atoms with Crippen LogP contribution in [0.15, 0.2) is 75.4 Å². The standard InChI is InChI=1S/C25H23BrClNO3S2/c1-32-24(33(2)30)16-18-5-12-23(22(26)15-18)31-21-10-6-19(7-11-21)25(29)28-14-13-17-3-8-20(27)9-4-17/h3-12,15-16H,13-14H2,1-2H3,(H,28,29)/b24-16-. The lowest BCUT2D eigenvalue weighted by molar-refractivity contribution is 0.0954. The zero-order valence-corrected chi connectivity index (χ0v) is 22.1. The Kier molecular flexibility index (Phi) is 9.77. The minimum Gasteiger partial charge on any atom is -0.611 e. The summed E-state index contributed by atoms with van der Waals surface area (Å²) in [5.41, 5.74) is 2.61. The lowest BCUT2D eigenvalue weighted by Gasteiger charge is -2.10. The summed E-state index contributed by atoms with van der Waals surface area (Å²) in [7, 11) is 0. The molecule has 1 amide bonds. The fourth-order valence-corrected chi connectivity index (χ4v) is 5.06. The molecule has 33 heavy (non-hydrogen) atoms. The number of thioether (sulfide) groups is 1. The predicted octanol–water partition coefficient (Wildman–Crippen LogP) is 6.91. The highest BCUT2D eigenvalue weighted by molar-refractivity contribution is 9.10. The molecular weight excluding hydrogens is 542 g/mol. The van der Waals surface area contributed by atoms with Gasteiger partial charge >= 0.3 is 0 Å². The van der Waals surface area contributed by atoms with Crippen LogP contribution in [0.25, 0.3) is 6.08 Å². The van der Waals surface area contributed by atoms with Crippen molar-refractivity contribution >= 4 is 62.5 Å². The Morgan fingerprint density at radius 3 is 2.45 bits per heavy atom. The van der Waals surface area contributed by atoms with Crippen LogP contribution in [0.2, 0.25) is 5.02 Å². The topological polar surface area (TPSA) is 61.4 Å². The molecule has 0 spiro atoms. The third-order valence-electron chi connectivity index (χ3n) is 4.68. The Labute approximate surface area is 215 Å². The van der Waals surface area contributed by atoms with Gasteiger partial charge < -0.3 is 14.6 Å². The number of ether oxygens (including phenoxy) is 1. The molecule has 0 saturated carbocycles. The maximum absolute atomic E-state index is 12.4. The van der Waals surface area contributed by atoms with E-state index in [0.717, 1.165) is 26.3 Å². The molecule has 0 aromatic heterocycles. The van der Waals surface area contributed by atoms with Gasteiger partial charge in [0.1, 0.15) is 17.8 Å². The molecule has 8 heteroatoms. The second kappa shape index (κ2) is 12.5. The highest BCUT2D eigenvalue weighted by Crippen LogP contribution is 2.32. The molecule has 3 rings (SSSR count). The maximum Gasteiger partial charge on any atom is 0.251 e. The van der Waals surface area contributed by atoms with E-state index in [-0.39, 0.29) is 5.91 Å². The SMILES string of the molecule is CS/C(=C/c1ccc(Oc2ccc(C(=O)NCCc3ccc(Cl)cc3)cc2)c(Br)c1)[S+](C)[O-]. The second-order valence-electron chi connectivity index (χ2n) is 7.07. The van der Waals surface area contributed by atoms with Gasteiger partial charge in [-0.2, -0.15) is 0 Å². The quantitative estimate of drug-likeness (QED) is 0.287. The monoisotopic (exact) mass is 563 g/mol. The van der Waals surface area contributed by atoms with E-state index in [1.54, 1.807) is 30.5 Å². The first kappa shape index (κ1) is 25.7.